The van der Waals surface area contributed by atoms with E-state index < -0.39 is 4.92 Å². The summed E-state index contributed by atoms with van der Waals surface area (Å²) in [5.74, 6) is -0.235. The molecular weight excluding hydrogens is 270 g/mol. The van der Waals surface area contributed by atoms with Crippen LogP contribution in [0, 0.1) is 10.1 Å². The molecule has 1 aromatic rings. The van der Waals surface area contributed by atoms with E-state index in [4.69, 9.17) is 0 Å². The zero-order chi connectivity index (χ0) is 15.2. The highest BCUT2D eigenvalue weighted by Crippen LogP contribution is 2.25. The molecule has 1 N–H and O–H groups in total. The van der Waals surface area contributed by atoms with Gasteiger partial charge in [0.25, 0.3) is 11.6 Å². The minimum absolute atomic E-state index is 0.124. The summed E-state index contributed by atoms with van der Waals surface area (Å²) >= 11 is 0. The fourth-order valence-electron chi connectivity index (χ4n) is 2.64. The zero-order valence-corrected chi connectivity index (χ0v) is 12.3. The van der Waals surface area contributed by atoms with Gasteiger partial charge in [0.2, 0.25) is 0 Å². The Hall–Kier alpha value is -2.11. The number of amides is 1. The molecule has 1 aliphatic heterocycles. The summed E-state index contributed by atoms with van der Waals surface area (Å²) in [5.41, 5.74) is 0.754. The first kappa shape index (κ1) is 15.3. The minimum atomic E-state index is -0.489. The maximum atomic E-state index is 12.7. The number of hydrogen-bond donors (Lipinski definition) is 1. The van der Waals surface area contributed by atoms with Crippen molar-refractivity contribution in [3.05, 3.63) is 33.9 Å². The molecule has 0 atom stereocenters. The quantitative estimate of drug-likeness (QED) is 0.686. The number of carbonyl (C=O) groups is 1. The SMILES string of the molecule is CNc1ccc([N+](=O)[O-])c(C(=O)N2CCCCCCC2)c1. The van der Waals surface area contributed by atoms with Crippen LogP contribution in [-0.4, -0.2) is 35.9 Å². The summed E-state index contributed by atoms with van der Waals surface area (Å²) in [5, 5.41) is 14.1. The molecule has 114 valence electrons. The van der Waals surface area contributed by atoms with Crippen molar-refractivity contribution in [2.75, 3.05) is 25.5 Å². The second kappa shape index (κ2) is 7.06. The van der Waals surface area contributed by atoms with Gasteiger partial charge in [0, 0.05) is 31.9 Å². The Bertz CT molecular complexity index is 523. The number of rotatable bonds is 3. The number of likely N-dealkylation sites (tertiary alicyclic amines) is 1. The van der Waals surface area contributed by atoms with E-state index in [2.05, 4.69) is 5.32 Å². The van der Waals surface area contributed by atoms with Gasteiger partial charge in [-0.15, -0.1) is 0 Å². The van der Waals surface area contributed by atoms with Gasteiger partial charge in [-0.3, -0.25) is 14.9 Å². The Morgan fingerprint density at radius 3 is 2.38 bits per heavy atom. The average molecular weight is 291 g/mol. The monoisotopic (exact) mass is 291 g/mol. The van der Waals surface area contributed by atoms with Crippen molar-refractivity contribution in [1.29, 1.82) is 0 Å². The van der Waals surface area contributed by atoms with Gasteiger partial charge in [0.15, 0.2) is 0 Å². The molecule has 0 spiro atoms. The van der Waals surface area contributed by atoms with Gasteiger partial charge in [-0.25, -0.2) is 0 Å². The van der Waals surface area contributed by atoms with E-state index in [9.17, 15) is 14.9 Å². The van der Waals surface area contributed by atoms with Crippen LogP contribution in [0.2, 0.25) is 0 Å². The summed E-state index contributed by atoms with van der Waals surface area (Å²) < 4.78 is 0. The van der Waals surface area contributed by atoms with Crippen molar-refractivity contribution in [1.82, 2.24) is 4.90 Å². The predicted octanol–water partition coefficient (Wildman–Crippen LogP) is 3.04. The Balaban J connectivity index is 2.29. The fraction of sp³-hybridized carbons (Fsp3) is 0.533. The van der Waals surface area contributed by atoms with E-state index >= 15 is 0 Å². The number of hydrogen-bond acceptors (Lipinski definition) is 4. The second-order valence-corrected chi connectivity index (χ2v) is 5.30. The van der Waals surface area contributed by atoms with Crippen LogP contribution in [0.3, 0.4) is 0 Å². The molecule has 6 nitrogen and oxygen atoms in total. The first-order chi connectivity index (χ1) is 10.1. The topological polar surface area (TPSA) is 75.5 Å². The normalized spacial score (nSPS) is 16.0. The molecule has 21 heavy (non-hydrogen) atoms. The van der Waals surface area contributed by atoms with Gasteiger partial charge in [0.05, 0.1) is 4.92 Å². The summed E-state index contributed by atoms with van der Waals surface area (Å²) in [4.78, 5) is 25.1. The molecule has 2 rings (SSSR count). The van der Waals surface area contributed by atoms with Gasteiger partial charge in [-0.1, -0.05) is 19.3 Å². The van der Waals surface area contributed by atoms with Crippen LogP contribution >= 0.6 is 0 Å². The van der Waals surface area contributed by atoms with E-state index in [1.807, 2.05) is 0 Å². The Labute approximate surface area is 124 Å². The Morgan fingerprint density at radius 2 is 1.81 bits per heavy atom. The summed E-state index contributed by atoms with van der Waals surface area (Å²) in [6, 6.07) is 4.57. The minimum Gasteiger partial charge on any atom is -0.388 e. The van der Waals surface area contributed by atoms with Crippen LogP contribution in [0.5, 0.6) is 0 Å². The van der Waals surface area contributed by atoms with Crippen LogP contribution in [-0.2, 0) is 0 Å². The van der Waals surface area contributed by atoms with E-state index in [0.717, 1.165) is 25.7 Å². The fourth-order valence-corrected chi connectivity index (χ4v) is 2.64. The molecular formula is C15H21N3O3. The molecule has 0 bridgehead atoms. The molecule has 0 aliphatic carbocycles. The van der Waals surface area contributed by atoms with Gasteiger partial charge in [-0.2, -0.15) is 0 Å². The maximum Gasteiger partial charge on any atom is 0.282 e. The largest absolute Gasteiger partial charge is 0.388 e. The first-order valence-electron chi connectivity index (χ1n) is 7.39. The highest BCUT2D eigenvalue weighted by atomic mass is 16.6. The van der Waals surface area contributed by atoms with Gasteiger partial charge >= 0.3 is 0 Å². The van der Waals surface area contributed by atoms with Crippen molar-refractivity contribution in [2.24, 2.45) is 0 Å². The van der Waals surface area contributed by atoms with Crippen LogP contribution in [0.15, 0.2) is 18.2 Å². The standard InChI is InChI=1S/C15H21N3O3/c1-16-12-7-8-14(18(20)21)13(11-12)15(19)17-9-5-3-2-4-6-10-17/h7-8,11,16H,2-6,9-10H2,1H3. The predicted molar refractivity (Wildman–Crippen MR) is 81.6 cm³/mol. The van der Waals surface area contributed by atoms with Crippen molar-refractivity contribution < 1.29 is 9.72 Å². The molecule has 1 aliphatic rings. The number of nitro groups is 1. The number of benzene rings is 1. The number of anilines is 1. The van der Waals surface area contributed by atoms with E-state index in [1.165, 1.54) is 12.5 Å². The van der Waals surface area contributed by atoms with Gasteiger partial charge in [0.1, 0.15) is 5.56 Å². The lowest BCUT2D eigenvalue weighted by Gasteiger charge is -2.24. The third-order valence-electron chi connectivity index (χ3n) is 3.86. The number of nitrogens with zero attached hydrogens (tertiary/aromatic N) is 2. The van der Waals surface area contributed by atoms with E-state index in [1.54, 1.807) is 24.1 Å². The van der Waals surface area contributed by atoms with E-state index in [0.29, 0.717) is 18.8 Å². The molecule has 1 heterocycles. The molecule has 1 saturated heterocycles. The average Bonchev–Trinajstić information content (AvgIpc) is 2.45. The maximum absolute atomic E-state index is 12.7. The molecule has 0 aromatic heterocycles. The number of carbonyl (C=O) groups excluding carboxylic acids is 1. The third kappa shape index (κ3) is 3.71. The number of nitrogens with one attached hydrogen (secondary N) is 1. The van der Waals surface area contributed by atoms with Crippen molar-refractivity contribution in [2.45, 2.75) is 32.1 Å². The summed E-state index contributed by atoms with van der Waals surface area (Å²) in [6.45, 7) is 1.36. The second-order valence-electron chi connectivity index (χ2n) is 5.30. The van der Waals surface area contributed by atoms with Gasteiger partial charge < -0.3 is 10.2 Å². The molecule has 6 heteroatoms. The summed E-state index contributed by atoms with van der Waals surface area (Å²) in [6.07, 6.45) is 5.36. The first-order valence-corrected chi connectivity index (χ1v) is 7.39. The molecule has 0 radical (unpaired) electrons. The highest BCUT2D eigenvalue weighted by molar-refractivity contribution is 5.99. The Kier molecular flexibility index (Phi) is 5.14. The van der Waals surface area contributed by atoms with Crippen molar-refractivity contribution >= 4 is 17.3 Å². The van der Waals surface area contributed by atoms with Crippen LogP contribution < -0.4 is 5.32 Å². The van der Waals surface area contributed by atoms with E-state index in [-0.39, 0.29) is 17.2 Å². The molecule has 1 aromatic carbocycles. The number of nitro benzene ring substituents is 1. The van der Waals surface area contributed by atoms with Gasteiger partial charge in [-0.05, 0) is 25.0 Å². The lowest BCUT2D eigenvalue weighted by atomic mass is 10.1. The van der Waals surface area contributed by atoms with Crippen molar-refractivity contribution in [3.8, 4) is 0 Å². The molecule has 0 saturated carbocycles. The molecule has 1 amide bonds. The highest BCUT2D eigenvalue weighted by Gasteiger charge is 2.25. The molecule has 1 fully saturated rings. The lowest BCUT2D eigenvalue weighted by Crippen LogP contribution is -2.34. The van der Waals surface area contributed by atoms with Crippen LogP contribution in [0.25, 0.3) is 0 Å². The zero-order valence-electron chi connectivity index (χ0n) is 12.3. The smallest absolute Gasteiger partial charge is 0.282 e. The van der Waals surface area contributed by atoms with Crippen LogP contribution in [0.4, 0.5) is 11.4 Å². The molecule has 0 unspecified atom stereocenters. The third-order valence-corrected chi connectivity index (χ3v) is 3.86. The van der Waals surface area contributed by atoms with Crippen molar-refractivity contribution in [3.63, 3.8) is 0 Å². The Morgan fingerprint density at radius 1 is 1.19 bits per heavy atom. The van der Waals surface area contributed by atoms with Crippen LogP contribution in [0.1, 0.15) is 42.5 Å². The summed E-state index contributed by atoms with van der Waals surface area (Å²) in [7, 11) is 1.73. The lowest BCUT2D eigenvalue weighted by molar-refractivity contribution is -0.385.